The van der Waals surface area contributed by atoms with Gasteiger partial charge in [-0.05, 0) is 36.6 Å². The maximum atomic E-state index is 13.1. The lowest BCUT2D eigenvalue weighted by atomic mass is 9.88. The van der Waals surface area contributed by atoms with Crippen LogP contribution in [0, 0.1) is 11.8 Å². The first-order valence-electron chi connectivity index (χ1n) is 9.77. The number of carboxylic acids is 1. The summed E-state index contributed by atoms with van der Waals surface area (Å²) in [7, 11) is 0. The second kappa shape index (κ2) is 9.32. The summed E-state index contributed by atoms with van der Waals surface area (Å²) >= 11 is 0. The van der Waals surface area contributed by atoms with E-state index in [1.54, 1.807) is 30.5 Å². The number of aliphatic carboxylic acids is 1. The van der Waals surface area contributed by atoms with Crippen LogP contribution >= 0.6 is 0 Å². The highest BCUT2D eigenvalue weighted by Crippen LogP contribution is 2.25. The van der Waals surface area contributed by atoms with Gasteiger partial charge in [0.1, 0.15) is 0 Å². The topological polar surface area (TPSA) is 99.6 Å². The van der Waals surface area contributed by atoms with Crippen LogP contribution in [0.15, 0.2) is 48.7 Å². The summed E-state index contributed by atoms with van der Waals surface area (Å²) in [6.07, 6.45) is 2.56. The highest BCUT2D eigenvalue weighted by Gasteiger charge is 2.37. The summed E-state index contributed by atoms with van der Waals surface area (Å²) in [5.41, 5.74) is 2.19. The number of aryl methyl sites for hydroxylation is 1. The van der Waals surface area contributed by atoms with Crippen LogP contribution in [0.2, 0.25) is 0 Å². The summed E-state index contributed by atoms with van der Waals surface area (Å²) in [5.74, 6) is -2.83. The zero-order chi connectivity index (χ0) is 20.8. The molecule has 0 radical (unpaired) electrons. The second-order valence-electron chi connectivity index (χ2n) is 7.23. The van der Waals surface area contributed by atoms with Gasteiger partial charge >= 0.3 is 5.97 Å². The maximum Gasteiger partial charge on any atom is 0.308 e. The fraction of sp³-hybridized carbons (Fsp3) is 0.364. The van der Waals surface area contributed by atoms with E-state index in [0.29, 0.717) is 12.0 Å². The van der Waals surface area contributed by atoms with Crippen molar-refractivity contribution in [2.75, 3.05) is 13.1 Å². The number of likely N-dealkylation sites (tertiary alicyclic amines) is 1. The molecule has 29 heavy (non-hydrogen) atoms. The SMILES string of the molecule is CCc1ccccc1C(=O)N1C[C@@H](C(=O)O)C[C@@H](C(=O)NCc2ccccn2)C1. The zero-order valence-electron chi connectivity index (χ0n) is 16.4. The van der Waals surface area contributed by atoms with E-state index < -0.39 is 17.8 Å². The predicted molar refractivity (Wildman–Crippen MR) is 107 cm³/mol. The molecule has 1 saturated heterocycles. The van der Waals surface area contributed by atoms with Crippen molar-refractivity contribution in [2.45, 2.75) is 26.3 Å². The Kier molecular flexibility index (Phi) is 6.59. The molecule has 1 aromatic carbocycles. The number of carboxylic acid groups (broad SMARTS) is 1. The molecule has 3 rings (SSSR count). The average Bonchev–Trinajstić information content (AvgIpc) is 2.77. The molecule has 1 fully saturated rings. The van der Waals surface area contributed by atoms with Crippen molar-refractivity contribution >= 4 is 17.8 Å². The van der Waals surface area contributed by atoms with Crippen molar-refractivity contribution in [2.24, 2.45) is 11.8 Å². The van der Waals surface area contributed by atoms with Gasteiger partial charge in [0.25, 0.3) is 5.91 Å². The minimum absolute atomic E-state index is 0.107. The van der Waals surface area contributed by atoms with Crippen molar-refractivity contribution < 1.29 is 19.5 Å². The van der Waals surface area contributed by atoms with E-state index in [1.165, 1.54) is 4.90 Å². The van der Waals surface area contributed by atoms with Crippen LogP contribution in [0.1, 0.15) is 35.0 Å². The Bertz CT molecular complexity index is 885. The molecule has 7 nitrogen and oxygen atoms in total. The quantitative estimate of drug-likeness (QED) is 0.781. The van der Waals surface area contributed by atoms with E-state index in [9.17, 15) is 19.5 Å². The lowest BCUT2D eigenvalue weighted by molar-refractivity contribution is -0.144. The van der Waals surface area contributed by atoms with Gasteiger partial charge in [-0.1, -0.05) is 31.2 Å². The number of aromatic nitrogens is 1. The number of carbonyl (C=O) groups is 3. The monoisotopic (exact) mass is 395 g/mol. The average molecular weight is 395 g/mol. The second-order valence-corrected chi connectivity index (χ2v) is 7.23. The van der Waals surface area contributed by atoms with Gasteiger partial charge in [-0.25, -0.2) is 0 Å². The van der Waals surface area contributed by atoms with Gasteiger partial charge in [-0.3, -0.25) is 19.4 Å². The fourth-order valence-corrected chi connectivity index (χ4v) is 3.67. The number of piperidine rings is 1. The molecule has 0 saturated carbocycles. The van der Waals surface area contributed by atoms with Gasteiger partial charge in [-0.2, -0.15) is 0 Å². The molecule has 0 unspecified atom stereocenters. The molecular formula is C22H25N3O4. The molecule has 7 heteroatoms. The summed E-state index contributed by atoms with van der Waals surface area (Å²) in [6, 6.07) is 12.7. The van der Waals surface area contributed by atoms with E-state index in [0.717, 1.165) is 11.3 Å². The van der Waals surface area contributed by atoms with Crippen LogP contribution < -0.4 is 5.32 Å². The molecule has 1 aromatic heterocycles. The van der Waals surface area contributed by atoms with Gasteiger partial charge < -0.3 is 15.3 Å². The van der Waals surface area contributed by atoms with Crippen molar-refractivity contribution in [1.29, 1.82) is 0 Å². The summed E-state index contributed by atoms with van der Waals surface area (Å²) < 4.78 is 0. The Hall–Kier alpha value is -3.22. The predicted octanol–water partition coefficient (Wildman–Crippen LogP) is 2.12. The Morgan fingerprint density at radius 2 is 1.83 bits per heavy atom. The normalized spacial score (nSPS) is 18.9. The highest BCUT2D eigenvalue weighted by molar-refractivity contribution is 5.96. The molecule has 1 aliphatic rings. The summed E-state index contributed by atoms with van der Waals surface area (Å²) in [5, 5.41) is 12.4. The van der Waals surface area contributed by atoms with Crippen LogP contribution in [-0.2, 0) is 22.6 Å². The molecule has 2 atom stereocenters. The van der Waals surface area contributed by atoms with Crippen LogP contribution in [-0.4, -0.2) is 45.9 Å². The van der Waals surface area contributed by atoms with E-state index in [-0.39, 0.29) is 37.9 Å². The molecular weight excluding hydrogens is 370 g/mol. The van der Waals surface area contributed by atoms with Gasteiger partial charge in [0, 0.05) is 24.8 Å². The molecule has 2 aromatic rings. The maximum absolute atomic E-state index is 13.1. The van der Waals surface area contributed by atoms with Gasteiger partial charge in [0.15, 0.2) is 0 Å². The van der Waals surface area contributed by atoms with Crippen molar-refractivity contribution in [3.05, 3.63) is 65.5 Å². The minimum Gasteiger partial charge on any atom is -0.481 e. The smallest absolute Gasteiger partial charge is 0.308 e. The number of pyridine rings is 1. The first-order valence-corrected chi connectivity index (χ1v) is 9.77. The van der Waals surface area contributed by atoms with Gasteiger partial charge in [-0.15, -0.1) is 0 Å². The van der Waals surface area contributed by atoms with E-state index in [4.69, 9.17) is 0 Å². The summed E-state index contributed by atoms with van der Waals surface area (Å²) in [4.78, 5) is 43.1. The third kappa shape index (κ3) is 4.99. The van der Waals surface area contributed by atoms with E-state index in [1.807, 2.05) is 25.1 Å². The van der Waals surface area contributed by atoms with Gasteiger partial charge in [0.2, 0.25) is 5.91 Å². The number of nitrogens with one attached hydrogen (secondary N) is 1. The molecule has 0 bridgehead atoms. The Morgan fingerprint density at radius 1 is 1.10 bits per heavy atom. The standard InChI is InChI=1S/C22H25N3O4/c1-2-15-7-3-4-9-19(15)21(27)25-13-16(11-17(14-25)22(28)29)20(26)24-12-18-8-5-6-10-23-18/h3-10,16-17H,2,11-14H2,1H3,(H,24,26)(H,28,29)/t16-,17+/m1/s1. The molecule has 2 N–H and O–H groups in total. The lowest BCUT2D eigenvalue weighted by Crippen LogP contribution is -2.50. The summed E-state index contributed by atoms with van der Waals surface area (Å²) in [6.45, 7) is 2.54. The van der Waals surface area contributed by atoms with Crippen molar-refractivity contribution in [3.63, 3.8) is 0 Å². The number of amides is 2. The number of rotatable bonds is 6. The van der Waals surface area contributed by atoms with E-state index in [2.05, 4.69) is 10.3 Å². The van der Waals surface area contributed by atoms with Gasteiger partial charge in [0.05, 0.1) is 24.1 Å². The molecule has 2 amide bonds. The van der Waals surface area contributed by atoms with E-state index >= 15 is 0 Å². The Labute approximate surface area is 169 Å². The highest BCUT2D eigenvalue weighted by atomic mass is 16.4. The van der Waals surface area contributed by atoms with Crippen LogP contribution in [0.5, 0.6) is 0 Å². The third-order valence-electron chi connectivity index (χ3n) is 5.26. The number of nitrogens with zero attached hydrogens (tertiary/aromatic N) is 2. The molecule has 0 aliphatic carbocycles. The number of benzene rings is 1. The number of hydrogen-bond acceptors (Lipinski definition) is 4. The van der Waals surface area contributed by atoms with Crippen LogP contribution in [0.25, 0.3) is 0 Å². The molecule has 2 heterocycles. The van der Waals surface area contributed by atoms with Crippen molar-refractivity contribution in [3.8, 4) is 0 Å². The number of hydrogen-bond donors (Lipinski definition) is 2. The third-order valence-corrected chi connectivity index (χ3v) is 5.26. The molecule has 0 spiro atoms. The van der Waals surface area contributed by atoms with Crippen LogP contribution in [0.3, 0.4) is 0 Å². The Morgan fingerprint density at radius 3 is 2.52 bits per heavy atom. The zero-order valence-corrected chi connectivity index (χ0v) is 16.4. The fourth-order valence-electron chi connectivity index (χ4n) is 3.67. The molecule has 1 aliphatic heterocycles. The Balaban J connectivity index is 1.74. The first kappa shape index (κ1) is 20.5. The lowest BCUT2D eigenvalue weighted by Gasteiger charge is -2.35. The molecule has 152 valence electrons. The number of carbonyl (C=O) groups excluding carboxylic acids is 2. The first-order chi connectivity index (χ1) is 14.0. The van der Waals surface area contributed by atoms with Crippen molar-refractivity contribution in [1.82, 2.24) is 15.2 Å². The van der Waals surface area contributed by atoms with Crippen LogP contribution in [0.4, 0.5) is 0 Å². The minimum atomic E-state index is -0.992. The largest absolute Gasteiger partial charge is 0.481 e.